The van der Waals surface area contributed by atoms with E-state index in [9.17, 15) is 14.0 Å². The van der Waals surface area contributed by atoms with E-state index in [2.05, 4.69) is 15.9 Å². The van der Waals surface area contributed by atoms with Crippen LogP contribution >= 0.6 is 27.5 Å². The average Bonchev–Trinajstić information content (AvgIpc) is 2.64. The van der Waals surface area contributed by atoms with Gasteiger partial charge in [-0.3, -0.25) is 9.59 Å². The second-order valence-electron chi connectivity index (χ2n) is 4.49. The molecule has 0 atom stereocenters. The molecule has 0 saturated heterocycles. The van der Waals surface area contributed by atoms with Gasteiger partial charge in [0, 0.05) is 26.2 Å². The molecule has 0 aliphatic heterocycles. The summed E-state index contributed by atoms with van der Waals surface area (Å²) in [4.78, 5) is 24.7. The van der Waals surface area contributed by atoms with Crippen molar-refractivity contribution in [1.29, 1.82) is 0 Å². The van der Waals surface area contributed by atoms with Crippen molar-refractivity contribution >= 4 is 39.1 Å². The van der Waals surface area contributed by atoms with E-state index < -0.39 is 11.7 Å². The fourth-order valence-electron chi connectivity index (χ4n) is 2.43. The Labute approximate surface area is 127 Å². The van der Waals surface area contributed by atoms with Gasteiger partial charge >= 0.3 is 0 Å². The highest BCUT2D eigenvalue weighted by Gasteiger charge is 2.41. The highest BCUT2D eigenvalue weighted by Crippen LogP contribution is 2.39. The molecule has 100 valence electrons. The second kappa shape index (κ2) is 4.79. The topological polar surface area (TPSA) is 34.1 Å². The molecule has 0 fully saturated rings. The molecular formula is C15H7BrClFO2. The third-order valence-electron chi connectivity index (χ3n) is 3.31. The van der Waals surface area contributed by atoms with E-state index in [0.29, 0.717) is 15.6 Å². The van der Waals surface area contributed by atoms with Crippen LogP contribution in [0.25, 0.3) is 0 Å². The van der Waals surface area contributed by atoms with Crippen molar-refractivity contribution in [3.05, 3.63) is 68.4 Å². The number of carbonyl (C=O) groups is 2. The summed E-state index contributed by atoms with van der Waals surface area (Å²) < 4.78 is 14.4. The maximum Gasteiger partial charge on any atom is 0.178 e. The molecule has 2 aromatic rings. The Hall–Kier alpha value is -1.52. The molecule has 0 radical (unpaired) electrons. The number of hydrogen-bond donors (Lipinski definition) is 0. The van der Waals surface area contributed by atoms with E-state index in [4.69, 9.17) is 11.6 Å². The summed E-state index contributed by atoms with van der Waals surface area (Å²) in [6, 6.07) is 9.10. The number of rotatable bonds is 1. The number of fused-ring (bicyclic) bond motifs is 1. The molecule has 2 aromatic carbocycles. The van der Waals surface area contributed by atoms with Crippen molar-refractivity contribution in [2.45, 2.75) is 5.92 Å². The lowest BCUT2D eigenvalue weighted by Crippen LogP contribution is -2.15. The molecule has 1 aliphatic carbocycles. The zero-order valence-electron chi connectivity index (χ0n) is 9.99. The van der Waals surface area contributed by atoms with Crippen LogP contribution in [0.1, 0.15) is 32.2 Å². The van der Waals surface area contributed by atoms with E-state index in [0.717, 1.165) is 6.07 Å². The Kier molecular flexibility index (Phi) is 3.22. The molecule has 0 N–H and O–H groups in total. The Morgan fingerprint density at radius 1 is 1.05 bits per heavy atom. The number of ketones is 2. The van der Waals surface area contributed by atoms with Crippen molar-refractivity contribution in [3.8, 4) is 0 Å². The van der Waals surface area contributed by atoms with E-state index in [1.54, 1.807) is 24.3 Å². The van der Waals surface area contributed by atoms with Gasteiger partial charge in [-0.05, 0) is 12.1 Å². The Morgan fingerprint density at radius 2 is 1.60 bits per heavy atom. The lowest BCUT2D eigenvalue weighted by Gasteiger charge is -2.11. The van der Waals surface area contributed by atoms with Crippen LogP contribution in [0.2, 0.25) is 5.02 Å². The monoisotopic (exact) mass is 352 g/mol. The summed E-state index contributed by atoms with van der Waals surface area (Å²) in [6.07, 6.45) is 0. The molecule has 3 rings (SSSR count). The van der Waals surface area contributed by atoms with Crippen molar-refractivity contribution in [3.63, 3.8) is 0 Å². The van der Waals surface area contributed by atoms with Gasteiger partial charge in [0.2, 0.25) is 0 Å². The number of halogens is 3. The van der Waals surface area contributed by atoms with E-state index >= 15 is 0 Å². The van der Waals surface area contributed by atoms with Crippen LogP contribution in [-0.4, -0.2) is 11.6 Å². The molecule has 0 unspecified atom stereocenters. The minimum Gasteiger partial charge on any atom is -0.293 e. The third kappa shape index (κ3) is 1.91. The molecule has 0 bridgehead atoms. The Bertz CT molecular complexity index is 699. The van der Waals surface area contributed by atoms with Crippen LogP contribution in [0.5, 0.6) is 0 Å². The predicted octanol–water partition coefficient (Wildman–Crippen LogP) is 4.40. The first-order valence-corrected chi connectivity index (χ1v) is 6.99. The van der Waals surface area contributed by atoms with Gasteiger partial charge in [0.25, 0.3) is 0 Å². The first-order valence-electron chi connectivity index (χ1n) is 5.82. The molecule has 0 amide bonds. The zero-order valence-corrected chi connectivity index (χ0v) is 12.3. The summed E-state index contributed by atoms with van der Waals surface area (Å²) in [5.74, 6) is -2.57. The van der Waals surface area contributed by atoms with E-state index in [1.807, 2.05) is 0 Å². The summed E-state index contributed by atoms with van der Waals surface area (Å²) in [5, 5.41) is 0.202. The number of benzene rings is 2. The van der Waals surface area contributed by atoms with Crippen LogP contribution in [0.3, 0.4) is 0 Å². The quantitative estimate of drug-likeness (QED) is 0.712. The van der Waals surface area contributed by atoms with Gasteiger partial charge in [-0.15, -0.1) is 0 Å². The van der Waals surface area contributed by atoms with Crippen LogP contribution in [0, 0.1) is 5.82 Å². The fraction of sp³-hybridized carbons (Fsp3) is 0.0667. The predicted molar refractivity (Wildman–Crippen MR) is 77.0 cm³/mol. The van der Waals surface area contributed by atoms with Crippen LogP contribution in [0.15, 0.2) is 40.9 Å². The average molecular weight is 354 g/mol. The minimum atomic E-state index is -1.14. The molecule has 5 heteroatoms. The SMILES string of the molecule is O=C1c2ccccc2C(=O)C1c1c(F)cc(Cl)cc1Br. The summed E-state index contributed by atoms with van der Waals surface area (Å²) in [6.45, 7) is 0. The van der Waals surface area contributed by atoms with Gasteiger partial charge in [-0.1, -0.05) is 51.8 Å². The standard InChI is InChI=1S/C15H7BrClFO2/c16-10-5-7(17)6-11(18)12(10)13-14(19)8-3-1-2-4-9(8)15(13)20/h1-6,13H. The lowest BCUT2D eigenvalue weighted by atomic mass is 9.94. The Morgan fingerprint density at radius 3 is 2.10 bits per heavy atom. The van der Waals surface area contributed by atoms with Crippen LogP contribution < -0.4 is 0 Å². The van der Waals surface area contributed by atoms with Gasteiger partial charge in [-0.25, -0.2) is 4.39 Å². The van der Waals surface area contributed by atoms with Crippen molar-refractivity contribution in [2.24, 2.45) is 0 Å². The number of hydrogen-bond acceptors (Lipinski definition) is 2. The molecule has 0 heterocycles. The molecular weight excluding hydrogens is 347 g/mol. The first-order chi connectivity index (χ1) is 9.50. The van der Waals surface area contributed by atoms with Crippen molar-refractivity contribution < 1.29 is 14.0 Å². The van der Waals surface area contributed by atoms with Crippen molar-refractivity contribution in [1.82, 2.24) is 0 Å². The van der Waals surface area contributed by atoms with E-state index in [-0.39, 0.29) is 22.2 Å². The normalized spacial score (nSPS) is 14.8. The Balaban J connectivity index is 2.19. The van der Waals surface area contributed by atoms with E-state index in [1.165, 1.54) is 6.07 Å². The largest absolute Gasteiger partial charge is 0.293 e. The molecule has 0 saturated carbocycles. The lowest BCUT2D eigenvalue weighted by molar-refractivity contribution is 0.0887. The van der Waals surface area contributed by atoms with Gasteiger partial charge in [0.05, 0.1) is 0 Å². The molecule has 0 spiro atoms. The summed E-state index contributed by atoms with van der Waals surface area (Å²) >= 11 is 8.93. The molecule has 2 nitrogen and oxygen atoms in total. The van der Waals surface area contributed by atoms with Gasteiger partial charge in [-0.2, -0.15) is 0 Å². The maximum atomic E-state index is 14.1. The second-order valence-corrected chi connectivity index (χ2v) is 5.78. The molecule has 1 aliphatic rings. The van der Waals surface area contributed by atoms with Gasteiger partial charge < -0.3 is 0 Å². The smallest absolute Gasteiger partial charge is 0.178 e. The summed E-state index contributed by atoms with van der Waals surface area (Å²) in [7, 11) is 0. The fourth-order valence-corrected chi connectivity index (χ4v) is 3.44. The summed E-state index contributed by atoms with van der Waals surface area (Å²) in [5.41, 5.74) is 0.716. The van der Waals surface area contributed by atoms with Crippen molar-refractivity contribution in [2.75, 3.05) is 0 Å². The van der Waals surface area contributed by atoms with Gasteiger partial charge in [0.1, 0.15) is 11.7 Å². The molecule has 20 heavy (non-hydrogen) atoms. The van der Waals surface area contributed by atoms with Crippen LogP contribution in [-0.2, 0) is 0 Å². The minimum absolute atomic E-state index is 0.0422. The highest BCUT2D eigenvalue weighted by atomic mass is 79.9. The zero-order chi connectivity index (χ0) is 14.4. The first kappa shape index (κ1) is 13.5. The van der Waals surface area contributed by atoms with Crippen LogP contribution in [0.4, 0.5) is 4.39 Å². The molecule has 0 aromatic heterocycles. The highest BCUT2D eigenvalue weighted by molar-refractivity contribution is 9.10. The third-order valence-corrected chi connectivity index (χ3v) is 4.19. The number of carbonyl (C=O) groups excluding carboxylic acids is 2. The maximum absolute atomic E-state index is 14.1. The van der Waals surface area contributed by atoms with Gasteiger partial charge in [0.15, 0.2) is 11.6 Å². The number of Topliss-reactive ketones (excluding diaryl/α,β-unsaturated/α-hetero) is 2.